The summed E-state index contributed by atoms with van der Waals surface area (Å²) in [5.41, 5.74) is 0.214. The molecule has 1 saturated heterocycles. The molecule has 0 bridgehead atoms. The van der Waals surface area contributed by atoms with Gasteiger partial charge in [-0.2, -0.15) is 0 Å². The summed E-state index contributed by atoms with van der Waals surface area (Å²) in [6, 6.07) is 13.0. The van der Waals surface area contributed by atoms with Crippen molar-refractivity contribution in [2.45, 2.75) is 38.6 Å². The number of halogens is 7. The fourth-order valence-electron chi connectivity index (χ4n) is 4.75. The molecular weight excluding hydrogens is 620 g/mol. The predicted octanol–water partition coefficient (Wildman–Crippen LogP) is 7.12. The topological polar surface area (TPSA) is 85.6 Å². The molecule has 0 saturated carbocycles. The zero-order valence-corrected chi connectivity index (χ0v) is 23.6. The average Bonchev–Trinajstić information content (AvgIpc) is 3.32. The largest absolute Gasteiger partial charge is 0.392 e. The van der Waals surface area contributed by atoms with Crippen LogP contribution in [0.3, 0.4) is 0 Å². The van der Waals surface area contributed by atoms with E-state index < -0.39 is 59.1 Å². The quantitative estimate of drug-likeness (QED) is 0.127. The molecule has 0 radical (unpaired) electrons. The van der Waals surface area contributed by atoms with Crippen LogP contribution >= 0.6 is 23.2 Å². The van der Waals surface area contributed by atoms with Gasteiger partial charge < -0.3 is 24.5 Å². The molecule has 4 atom stereocenters. The van der Waals surface area contributed by atoms with E-state index in [0.29, 0.717) is 11.1 Å². The molecular formula is C29H22Cl2F5N3O4. The van der Waals surface area contributed by atoms with E-state index in [4.69, 9.17) is 32.7 Å². The Kier molecular flexibility index (Phi) is 9.04. The van der Waals surface area contributed by atoms with Crippen molar-refractivity contribution in [2.24, 2.45) is 5.92 Å². The molecule has 43 heavy (non-hydrogen) atoms. The van der Waals surface area contributed by atoms with Crippen LogP contribution < -0.4 is 5.32 Å². The second-order valence-electron chi connectivity index (χ2n) is 9.83. The van der Waals surface area contributed by atoms with Crippen LogP contribution in [0.2, 0.25) is 10.3 Å². The fraction of sp³-hybridized carbons (Fsp3) is 0.241. The third kappa shape index (κ3) is 6.11. The van der Waals surface area contributed by atoms with Crippen molar-refractivity contribution in [3.05, 3.63) is 117 Å². The Balaban J connectivity index is 1.45. The fourth-order valence-corrected chi connectivity index (χ4v) is 5.07. The van der Waals surface area contributed by atoms with Crippen LogP contribution in [-0.4, -0.2) is 26.7 Å². The number of nitrogens with zero attached hydrogens (tertiary/aromatic N) is 2. The summed E-state index contributed by atoms with van der Waals surface area (Å²) in [7, 11) is 0. The Labute approximate surface area is 251 Å². The number of aliphatic hydroxyl groups excluding tert-OH is 1. The Morgan fingerprint density at radius 1 is 0.953 bits per heavy atom. The molecule has 1 aliphatic rings. The number of nitrogens with one attached hydrogen (secondary N) is 1. The van der Waals surface area contributed by atoms with E-state index in [9.17, 15) is 31.9 Å². The summed E-state index contributed by atoms with van der Waals surface area (Å²) in [5.74, 6) is -13.1. The molecule has 3 aromatic carbocycles. The minimum absolute atomic E-state index is 0.0258. The molecule has 2 heterocycles. The van der Waals surface area contributed by atoms with Gasteiger partial charge in [-0.05, 0) is 23.3 Å². The lowest BCUT2D eigenvalue weighted by atomic mass is 9.90. The van der Waals surface area contributed by atoms with E-state index in [-0.39, 0.29) is 35.1 Å². The first-order valence-corrected chi connectivity index (χ1v) is 13.5. The second kappa shape index (κ2) is 12.6. The molecule has 4 aromatic rings. The first-order valence-electron chi connectivity index (χ1n) is 12.8. The van der Waals surface area contributed by atoms with Crippen molar-refractivity contribution in [3.8, 4) is 0 Å². The Hall–Kier alpha value is -3.55. The number of carbonyl (C=O) groups is 1. The number of amides is 1. The molecule has 1 aliphatic heterocycles. The summed E-state index contributed by atoms with van der Waals surface area (Å²) in [6.07, 6.45) is -0.616. The van der Waals surface area contributed by atoms with Gasteiger partial charge in [0.05, 0.1) is 31.7 Å². The molecule has 1 fully saturated rings. The number of rotatable bonds is 7. The molecule has 1 amide bonds. The second-order valence-corrected chi connectivity index (χ2v) is 10.5. The molecule has 0 spiro atoms. The monoisotopic (exact) mass is 641 g/mol. The van der Waals surface area contributed by atoms with Crippen LogP contribution in [0.15, 0.2) is 54.9 Å². The number of hydrogen-bond acceptors (Lipinski definition) is 5. The van der Waals surface area contributed by atoms with Gasteiger partial charge in [0, 0.05) is 17.2 Å². The maximum Gasteiger partial charge on any atom is 0.261 e. The lowest BCUT2D eigenvalue weighted by Crippen LogP contribution is -2.39. The summed E-state index contributed by atoms with van der Waals surface area (Å²) in [5, 5.41) is 11.9. The van der Waals surface area contributed by atoms with Crippen LogP contribution in [0.5, 0.6) is 0 Å². The maximum absolute atomic E-state index is 14.2. The number of benzene rings is 3. The molecule has 0 aliphatic carbocycles. The Bertz CT molecular complexity index is 1640. The van der Waals surface area contributed by atoms with Gasteiger partial charge in [-0.15, -0.1) is 0 Å². The number of aromatic nitrogens is 2. The van der Waals surface area contributed by atoms with E-state index in [1.807, 2.05) is 19.1 Å². The van der Waals surface area contributed by atoms with Crippen molar-refractivity contribution in [3.63, 3.8) is 0 Å². The van der Waals surface area contributed by atoms with E-state index >= 15 is 0 Å². The van der Waals surface area contributed by atoms with Crippen LogP contribution in [0.1, 0.15) is 46.4 Å². The van der Waals surface area contributed by atoms with Crippen molar-refractivity contribution in [1.82, 2.24) is 9.55 Å². The number of imidazole rings is 1. The summed E-state index contributed by atoms with van der Waals surface area (Å²) in [6.45, 7) is 2.01. The normalized spacial score (nSPS) is 20.3. The van der Waals surface area contributed by atoms with Gasteiger partial charge in [0.2, 0.25) is 5.82 Å². The number of anilines is 1. The predicted molar refractivity (Wildman–Crippen MR) is 146 cm³/mol. The Morgan fingerprint density at radius 3 is 2.21 bits per heavy atom. The van der Waals surface area contributed by atoms with Gasteiger partial charge in [0.1, 0.15) is 10.7 Å². The number of aliphatic hydroxyl groups is 1. The van der Waals surface area contributed by atoms with Crippen molar-refractivity contribution < 1.29 is 41.3 Å². The first-order chi connectivity index (χ1) is 20.5. The van der Waals surface area contributed by atoms with E-state index in [0.717, 1.165) is 5.56 Å². The van der Waals surface area contributed by atoms with Gasteiger partial charge in [0.15, 0.2) is 34.7 Å². The van der Waals surface area contributed by atoms with E-state index in [1.165, 1.54) is 24.5 Å². The third-order valence-corrected chi connectivity index (χ3v) is 7.86. The smallest absolute Gasteiger partial charge is 0.261 e. The summed E-state index contributed by atoms with van der Waals surface area (Å²) in [4.78, 5) is 16.6. The molecule has 5 rings (SSSR count). The van der Waals surface area contributed by atoms with Crippen LogP contribution in [0.25, 0.3) is 0 Å². The minimum Gasteiger partial charge on any atom is -0.392 e. The van der Waals surface area contributed by atoms with Crippen molar-refractivity contribution >= 4 is 34.8 Å². The zero-order valence-electron chi connectivity index (χ0n) is 22.1. The maximum atomic E-state index is 14.2. The molecule has 0 unspecified atom stereocenters. The highest BCUT2D eigenvalue weighted by atomic mass is 35.5. The number of hydrogen-bond donors (Lipinski definition) is 2. The summed E-state index contributed by atoms with van der Waals surface area (Å²) >= 11 is 12.3. The highest BCUT2D eigenvalue weighted by Gasteiger charge is 2.39. The molecule has 14 heteroatoms. The molecule has 2 N–H and O–H groups in total. The van der Waals surface area contributed by atoms with E-state index in [2.05, 4.69) is 10.3 Å². The molecule has 226 valence electrons. The minimum atomic E-state index is -2.37. The highest BCUT2D eigenvalue weighted by Crippen LogP contribution is 2.43. The lowest BCUT2D eigenvalue weighted by molar-refractivity contribution is -0.276. The van der Waals surface area contributed by atoms with Gasteiger partial charge in [-0.25, -0.2) is 26.9 Å². The van der Waals surface area contributed by atoms with Crippen LogP contribution in [0.4, 0.5) is 27.6 Å². The first kappa shape index (κ1) is 30.9. The lowest BCUT2D eigenvalue weighted by Gasteiger charge is -2.41. The number of carbonyl (C=O) groups excluding carboxylic acids is 1. The summed E-state index contributed by atoms with van der Waals surface area (Å²) < 4.78 is 83.4. The van der Waals surface area contributed by atoms with E-state index in [1.54, 1.807) is 22.8 Å². The number of ether oxygens (including phenoxy) is 2. The Morgan fingerprint density at radius 2 is 1.60 bits per heavy atom. The average molecular weight is 642 g/mol. The zero-order chi connectivity index (χ0) is 31.0. The molecule has 7 nitrogen and oxygen atoms in total. The van der Waals surface area contributed by atoms with Gasteiger partial charge in [-0.3, -0.25) is 4.79 Å². The van der Waals surface area contributed by atoms with Crippen LogP contribution in [0, 0.1) is 35.0 Å². The van der Waals surface area contributed by atoms with Crippen LogP contribution in [-0.2, 0) is 22.6 Å². The standard InChI is InChI=1S/C29H22Cl2F5N3O4/c1-13-18(10-39-12-37-26(30)27(39)31)42-29(43-25(13)15-7-5-14(11-40)6-8-15)16-3-2-4-17(9-16)38-28(41)19-20(32)22(34)24(36)23(35)21(19)33/h2-9,12-13,18,25,29,40H,10-11H2,1H3,(H,38,41)/t13-,18+,25+,29+/m1/s1. The van der Waals surface area contributed by atoms with Crippen molar-refractivity contribution in [2.75, 3.05) is 5.32 Å². The molecule has 1 aromatic heterocycles. The van der Waals surface area contributed by atoms with Gasteiger partial charge in [-0.1, -0.05) is 66.5 Å². The highest BCUT2D eigenvalue weighted by molar-refractivity contribution is 6.40. The van der Waals surface area contributed by atoms with Crippen molar-refractivity contribution in [1.29, 1.82) is 0 Å². The third-order valence-electron chi connectivity index (χ3n) is 7.09. The van der Waals surface area contributed by atoms with Gasteiger partial charge in [0.25, 0.3) is 5.91 Å². The SMILES string of the molecule is C[C@@H]1[C@H](Cn2cnc(Cl)c2Cl)O[C@H](c2cccc(NC(=O)c3c(F)c(F)c(F)c(F)c3F)c2)O[C@@H]1c1ccc(CO)cc1. The van der Waals surface area contributed by atoms with Gasteiger partial charge >= 0.3 is 0 Å².